The second-order valence-electron chi connectivity index (χ2n) is 7.57. The van der Waals surface area contributed by atoms with E-state index in [4.69, 9.17) is 10.5 Å². The molecule has 2 aromatic heterocycles. The summed E-state index contributed by atoms with van der Waals surface area (Å²) in [5.74, 6) is 1.19. The first-order chi connectivity index (χ1) is 15.1. The SMILES string of the molecule is COc1ccc(F)c(CN2CC(Nc3nc(N)nc4[nH]ncc34)Cc3ccccc32)c1. The number of anilines is 3. The van der Waals surface area contributed by atoms with E-state index in [2.05, 4.69) is 42.5 Å². The van der Waals surface area contributed by atoms with Crippen molar-refractivity contribution in [3.05, 3.63) is 65.6 Å². The van der Waals surface area contributed by atoms with Gasteiger partial charge in [0, 0.05) is 30.4 Å². The lowest BCUT2D eigenvalue weighted by atomic mass is 9.97. The zero-order chi connectivity index (χ0) is 21.4. The fourth-order valence-corrected chi connectivity index (χ4v) is 4.09. The highest BCUT2D eigenvalue weighted by atomic mass is 19.1. The molecule has 0 spiro atoms. The number of nitrogens with zero attached hydrogens (tertiary/aromatic N) is 4. The first kappa shape index (κ1) is 19.1. The molecule has 5 rings (SSSR count). The third-order valence-corrected chi connectivity index (χ3v) is 5.52. The number of nitrogens with two attached hydrogens (primary N) is 1. The number of aromatic amines is 1. The number of halogens is 1. The summed E-state index contributed by atoms with van der Waals surface area (Å²) in [6.45, 7) is 1.09. The highest BCUT2D eigenvalue weighted by molar-refractivity contribution is 5.87. The van der Waals surface area contributed by atoms with E-state index in [1.807, 2.05) is 12.1 Å². The van der Waals surface area contributed by atoms with Gasteiger partial charge in [0.1, 0.15) is 17.4 Å². The zero-order valence-corrected chi connectivity index (χ0v) is 17.0. The number of aromatic nitrogens is 4. The Bertz CT molecular complexity index is 1240. The summed E-state index contributed by atoms with van der Waals surface area (Å²) < 4.78 is 19.8. The number of nitrogens with one attached hydrogen (secondary N) is 2. The van der Waals surface area contributed by atoms with Crippen molar-refractivity contribution >= 4 is 28.5 Å². The lowest BCUT2D eigenvalue weighted by molar-refractivity contribution is 0.412. The predicted octanol–water partition coefficient (Wildman–Crippen LogP) is 3.13. The molecule has 1 aliphatic rings. The van der Waals surface area contributed by atoms with Crippen molar-refractivity contribution in [3.63, 3.8) is 0 Å². The largest absolute Gasteiger partial charge is 0.497 e. The van der Waals surface area contributed by atoms with Crippen LogP contribution in [0.4, 0.5) is 21.8 Å². The highest BCUT2D eigenvalue weighted by Gasteiger charge is 2.26. The Balaban J connectivity index is 1.46. The van der Waals surface area contributed by atoms with E-state index in [0.29, 0.717) is 35.9 Å². The monoisotopic (exact) mass is 419 g/mol. The number of H-pyrrole nitrogens is 1. The molecule has 0 radical (unpaired) electrons. The van der Waals surface area contributed by atoms with Crippen LogP contribution in [-0.4, -0.2) is 39.9 Å². The molecular formula is C22H22FN7O. The molecule has 2 aromatic carbocycles. The summed E-state index contributed by atoms with van der Waals surface area (Å²) >= 11 is 0. The lowest BCUT2D eigenvalue weighted by Gasteiger charge is -2.37. The number of ether oxygens (including phenoxy) is 1. The van der Waals surface area contributed by atoms with E-state index >= 15 is 0 Å². The third kappa shape index (κ3) is 3.70. The molecule has 1 aliphatic heterocycles. The molecule has 31 heavy (non-hydrogen) atoms. The number of para-hydroxylation sites is 1. The molecule has 1 atom stereocenters. The fourth-order valence-electron chi connectivity index (χ4n) is 4.09. The van der Waals surface area contributed by atoms with Gasteiger partial charge >= 0.3 is 0 Å². The molecule has 0 amide bonds. The number of nitrogen functional groups attached to an aromatic ring is 1. The predicted molar refractivity (Wildman–Crippen MR) is 118 cm³/mol. The first-order valence-corrected chi connectivity index (χ1v) is 9.99. The number of hydrogen-bond acceptors (Lipinski definition) is 7. The van der Waals surface area contributed by atoms with Gasteiger partial charge in [-0.15, -0.1) is 0 Å². The Hall–Kier alpha value is -3.88. The van der Waals surface area contributed by atoms with Crippen molar-refractivity contribution in [2.75, 3.05) is 29.6 Å². The van der Waals surface area contributed by atoms with Gasteiger partial charge in [-0.05, 0) is 36.2 Å². The molecule has 158 valence electrons. The summed E-state index contributed by atoms with van der Waals surface area (Å²) in [6, 6.07) is 13.0. The summed E-state index contributed by atoms with van der Waals surface area (Å²) in [5.41, 5.74) is 9.31. The molecule has 0 bridgehead atoms. The Morgan fingerprint density at radius 2 is 2.13 bits per heavy atom. The number of rotatable bonds is 5. The molecule has 1 unspecified atom stereocenters. The van der Waals surface area contributed by atoms with Crippen LogP contribution in [0.5, 0.6) is 5.75 Å². The molecule has 4 aromatic rings. The maximum atomic E-state index is 14.5. The molecular weight excluding hydrogens is 397 g/mol. The molecule has 8 nitrogen and oxygen atoms in total. The van der Waals surface area contributed by atoms with Gasteiger partial charge < -0.3 is 20.7 Å². The average molecular weight is 419 g/mol. The van der Waals surface area contributed by atoms with E-state index in [9.17, 15) is 4.39 Å². The number of benzene rings is 2. The van der Waals surface area contributed by atoms with Crippen LogP contribution < -0.4 is 20.7 Å². The van der Waals surface area contributed by atoms with E-state index in [1.54, 1.807) is 25.4 Å². The van der Waals surface area contributed by atoms with Crippen molar-refractivity contribution in [1.29, 1.82) is 0 Å². The van der Waals surface area contributed by atoms with Crippen LogP contribution in [0.15, 0.2) is 48.7 Å². The Morgan fingerprint density at radius 1 is 1.26 bits per heavy atom. The number of fused-ring (bicyclic) bond motifs is 2. The summed E-state index contributed by atoms with van der Waals surface area (Å²) in [5, 5.41) is 11.1. The van der Waals surface area contributed by atoms with Crippen molar-refractivity contribution in [2.24, 2.45) is 0 Å². The molecule has 0 fully saturated rings. The lowest BCUT2D eigenvalue weighted by Crippen LogP contribution is -2.42. The molecule has 0 aliphatic carbocycles. The normalized spacial score (nSPS) is 15.7. The Kier molecular flexibility index (Phi) is 4.78. The van der Waals surface area contributed by atoms with Crippen LogP contribution >= 0.6 is 0 Å². The quantitative estimate of drug-likeness (QED) is 0.456. The van der Waals surface area contributed by atoms with Gasteiger partial charge in [0.15, 0.2) is 5.65 Å². The molecule has 3 heterocycles. The van der Waals surface area contributed by atoms with Crippen LogP contribution in [0.3, 0.4) is 0 Å². The van der Waals surface area contributed by atoms with E-state index in [1.165, 1.54) is 11.6 Å². The zero-order valence-electron chi connectivity index (χ0n) is 17.0. The second kappa shape index (κ2) is 7.75. The summed E-state index contributed by atoms with van der Waals surface area (Å²) in [7, 11) is 1.58. The van der Waals surface area contributed by atoms with Crippen molar-refractivity contribution in [3.8, 4) is 5.75 Å². The van der Waals surface area contributed by atoms with E-state index in [-0.39, 0.29) is 17.8 Å². The van der Waals surface area contributed by atoms with E-state index in [0.717, 1.165) is 17.5 Å². The van der Waals surface area contributed by atoms with Crippen LogP contribution in [-0.2, 0) is 13.0 Å². The third-order valence-electron chi connectivity index (χ3n) is 5.52. The maximum absolute atomic E-state index is 14.5. The molecule has 0 saturated heterocycles. The summed E-state index contributed by atoms with van der Waals surface area (Å²) in [4.78, 5) is 10.7. The van der Waals surface area contributed by atoms with Crippen LogP contribution in [0.1, 0.15) is 11.1 Å². The molecule has 0 saturated carbocycles. The van der Waals surface area contributed by atoms with Crippen molar-refractivity contribution in [1.82, 2.24) is 20.2 Å². The minimum Gasteiger partial charge on any atom is -0.497 e. The topological polar surface area (TPSA) is 105 Å². The summed E-state index contributed by atoms with van der Waals surface area (Å²) in [6.07, 6.45) is 2.48. The Labute approximate surface area is 178 Å². The first-order valence-electron chi connectivity index (χ1n) is 9.99. The highest BCUT2D eigenvalue weighted by Crippen LogP contribution is 2.31. The van der Waals surface area contributed by atoms with Gasteiger partial charge in [0.2, 0.25) is 5.95 Å². The van der Waals surface area contributed by atoms with E-state index < -0.39 is 0 Å². The second-order valence-corrected chi connectivity index (χ2v) is 7.57. The maximum Gasteiger partial charge on any atom is 0.224 e. The van der Waals surface area contributed by atoms with Crippen LogP contribution in [0.25, 0.3) is 11.0 Å². The van der Waals surface area contributed by atoms with Crippen molar-refractivity contribution < 1.29 is 9.13 Å². The van der Waals surface area contributed by atoms with Crippen molar-refractivity contribution in [2.45, 2.75) is 19.0 Å². The number of hydrogen-bond donors (Lipinski definition) is 3. The fraction of sp³-hybridized carbons (Fsp3) is 0.227. The Morgan fingerprint density at radius 3 is 3.00 bits per heavy atom. The minimum absolute atomic E-state index is 0.0379. The van der Waals surface area contributed by atoms with Crippen LogP contribution in [0, 0.1) is 5.82 Å². The average Bonchev–Trinajstić information content (AvgIpc) is 3.24. The van der Waals surface area contributed by atoms with Gasteiger partial charge in [-0.2, -0.15) is 15.1 Å². The minimum atomic E-state index is -0.253. The standard InChI is InChI=1S/C22H22FN7O/c1-31-16-6-7-18(23)14(9-16)11-30-12-15(8-13-4-2-3-5-19(13)30)26-20-17-10-25-29-21(17)28-22(24)27-20/h2-7,9-10,15H,8,11-12H2,1H3,(H4,24,25,26,27,28,29). The van der Waals surface area contributed by atoms with Gasteiger partial charge in [-0.1, -0.05) is 18.2 Å². The van der Waals surface area contributed by atoms with Gasteiger partial charge in [0.05, 0.1) is 18.7 Å². The molecule has 4 N–H and O–H groups in total. The van der Waals surface area contributed by atoms with Gasteiger partial charge in [-0.3, -0.25) is 5.10 Å². The van der Waals surface area contributed by atoms with Gasteiger partial charge in [-0.25, -0.2) is 4.39 Å². The smallest absolute Gasteiger partial charge is 0.224 e. The number of methoxy groups -OCH3 is 1. The van der Waals surface area contributed by atoms with Crippen LogP contribution in [0.2, 0.25) is 0 Å². The van der Waals surface area contributed by atoms with Gasteiger partial charge in [0.25, 0.3) is 0 Å². The molecule has 9 heteroatoms.